The highest BCUT2D eigenvalue weighted by Gasteiger charge is 2.09. The monoisotopic (exact) mass is 265 g/mol. The largest absolute Gasteiger partial charge is 0.463 e. The molecule has 0 aliphatic rings. The molecular weight excluding hydrogens is 250 g/mol. The van der Waals surface area contributed by atoms with Crippen molar-refractivity contribution >= 4 is 5.95 Å². The van der Waals surface area contributed by atoms with Crippen LogP contribution in [0.3, 0.4) is 0 Å². The number of furan rings is 1. The van der Waals surface area contributed by atoms with Gasteiger partial charge in [-0.05, 0) is 49.2 Å². The molecule has 2 N–H and O–H groups in total. The van der Waals surface area contributed by atoms with Crippen LogP contribution >= 0.6 is 0 Å². The highest BCUT2D eigenvalue weighted by atomic mass is 16.3. The second-order valence-electron chi connectivity index (χ2n) is 4.77. The van der Waals surface area contributed by atoms with Gasteiger partial charge in [0.05, 0.1) is 12.0 Å². The van der Waals surface area contributed by atoms with E-state index in [0.717, 1.165) is 11.3 Å². The van der Waals surface area contributed by atoms with Crippen LogP contribution in [0.4, 0.5) is 5.95 Å². The van der Waals surface area contributed by atoms with Crippen LogP contribution < -0.4 is 5.73 Å². The van der Waals surface area contributed by atoms with Gasteiger partial charge in [0.25, 0.3) is 0 Å². The SMILES string of the molecule is Cc1ccc(-c2cc(-c3ccco3)nc(N)n2)cc1C. The van der Waals surface area contributed by atoms with E-state index in [1.165, 1.54) is 11.1 Å². The van der Waals surface area contributed by atoms with Gasteiger partial charge < -0.3 is 10.2 Å². The fourth-order valence-electron chi connectivity index (χ4n) is 2.07. The number of nitrogens with zero attached hydrogens (tertiary/aromatic N) is 2. The molecule has 0 amide bonds. The molecule has 0 aliphatic heterocycles. The molecule has 3 aromatic rings. The number of hydrogen-bond acceptors (Lipinski definition) is 4. The van der Waals surface area contributed by atoms with Gasteiger partial charge in [-0.25, -0.2) is 9.97 Å². The molecule has 0 fully saturated rings. The summed E-state index contributed by atoms with van der Waals surface area (Å²) in [5, 5.41) is 0. The molecule has 0 radical (unpaired) electrons. The minimum atomic E-state index is 0.243. The number of anilines is 1. The Balaban J connectivity index is 2.12. The Morgan fingerprint density at radius 2 is 1.75 bits per heavy atom. The first-order valence-corrected chi connectivity index (χ1v) is 6.39. The molecule has 0 saturated carbocycles. The van der Waals surface area contributed by atoms with Crippen molar-refractivity contribution in [3.8, 4) is 22.7 Å². The summed E-state index contributed by atoms with van der Waals surface area (Å²) in [6, 6.07) is 11.8. The Bertz CT molecular complexity index is 748. The van der Waals surface area contributed by atoms with Crippen molar-refractivity contribution in [2.75, 3.05) is 5.73 Å². The molecule has 4 nitrogen and oxygen atoms in total. The molecule has 3 rings (SSSR count). The zero-order valence-corrected chi connectivity index (χ0v) is 11.4. The van der Waals surface area contributed by atoms with Crippen LogP contribution in [0, 0.1) is 13.8 Å². The lowest BCUT2D eigenvalue weighted by atomic mass is 10.0. The van der Waals surface area contributed by atoms with E-state index in [0.29, 0.717) is 11.5 Å². The number of aryl methyl sites for hydroxylation is 2. The number of rotatable bonds is 2. The van der Waals surface area contributed by atoms with Gasteiger partial charge in [0.1, 0.15) is 5.69 Å². The van der Waals surface area contributed by atoms with E-state index >= 15 is 0 Å². The van der Waals surface area contributed by atoms with Gasteiger partial charge in [0.2, 0.25) is 5.95 Å². The minimum absolute atomic E-state index is 0.243. The lowest BCUT2D eigenvalue weighted by molar-refractivity contribution is 0.580. The van der Waals surface area contributed by atoms with E-state index in [1.54, 1.807) is 6.26 Å². The van der Waals surface area contributed by atoms with Crippen LogP contribution in [-0.2, 0) is 0 Å². The van der Waals surface area contributed by atoms with Crippen molar-refractivity contribution in [3.63, 3.8) is 0 Å². The van der Waals surface area contributed by atoms with Crippen molar-refractivity contribution in [1.82, 2.24) is 9.97 Å². The summed E-state index contributed by atoms with van der Waals surface area (Å²) in [4.78, 5) is 8.52. The van der Waals surface area contributed by atoms with Crippen LogP contribution in [-0.4, -0.2) is 9.97 Å². The standard InChI is InChI=1S/C16H15N3O/c1-10-5-6-12(8-11(10)2)13-9-14(19-16(17)18-13)15-4-3-7-20-15/h3-9H,1-2H3,(H2,17,18,19). The highest BCUT2D eigenvalue weighted by molar-refractivity contribution is 5.67. The summed E-state index contributed by atoms with van der Waals surface area (Å²) in [5.74, 6) is 0.927. The molecule has 20 heavy (non-hydrogen) atoms. The Kier molecular flexibility index (Phi) is 2.99. The molecule has 100 valence electrons. The lowest BCUT2D eigenvalue weighted by Gasteiger charge is -2.07. The van der Waals surface area contributed by atoms with Gasteiger partial charge in [-0.2, -0.15) is 0 Å². The molecule has 0 atom stereocenters. The van der Waals surface area contributed by atoms with E-state index in [4.69, 9.17) is 10.2 Å². The zero-order chi connectivity index (χ0) is 14.1. The predicted octanol–water partition coefficient (Wildman–Crippen LogP) is 3.60. The first-order valence-electron chi connectivity index (χ1n) is 6.39. The first-order chi connectivity index (χ1) is 9.63. The van der Waals surface area contributed by atoms with E-state index in [1.807, 2.05) is 24.3 Å². The fraction of sp³-hybridized carbons (Fsp3) is 0.125. The van der Waals surface area contributed by atoms with E-state index in [9.17, 15) is 0 Å². The quantitative estimate of drug-likeness (QED) is 0.768. The van der Waals surface area contributed by atoms with E-state index < -0.39 is 0 Å². The number of nitrogens with two attached hydrogens (primary N) is 1. The summed E-state index contributed by atoms with van der Waals surface area (Å²) in [6.07, 6.45) is 1.61. The van der Waals surface area contributed by atoms with Crippen molar-refractivity contribution in [2.24, 2.45) is 0 Å². The van der Waals surface area contributed by atoms with Crippen LogP contribution in [0.25, 0.3) is 22.7 Å². The summed E-state index contributed by atoms with van der Waals surface area (Å²) < 4.78 is 5.36. The van der Waals surface area contributed by atoms with Gasteiger partial charge >= 0.3 is 0 Å². The highest BCUT2D eigenvalue weighted by Crippen LogP contribution is 2.26. The maximum atomic E-state index is 5.81. The van der Waals surface area contributed by atoms with Crippen molar-refractivity contribution in [1.29, 1.82) is 0 Å². The summed E-state index contributed by atoms with van der Waals surface area (Å²) >= 11 is 0. The van der Waals surface area contributed by atoms with Gasteiger partial charge in [-0.15, -0.1) is 0 Å². The lowest BCUT2D eigenvalue weighted by Crippen LogP contribution is -1.98. The maximum Gasteiger partial charge on any atom is 0.221 e. The smallest absolute Gasteiger partial charge is 0.221 e. The Morgan fingerprint density at radius 1 is 0.950 bits per heavy atom. The molecule has 2 heterocycles. The van der Waals surface area contributed by atoms with Crippen molar-refractivity contribution in [2.45, 2.75) is 13.8 Å². The number of nitrogen functional groups attached to an aromatic ring is 1. The van der Waals surface area contributed by atoms with Crippen LogP contribution in [0.15, 0.2) is 47.1 Å². The third kappa shape index (κ3) is 2.28. The van der Waals surface area contributed by atoms with Crippen molar-refractivity contribution in [3.05, 3.63) is 53.8 Å². The van der Waals surface area contributed by atoms with Crippen LogP contribution in [0.2, 0.25) is 0 Å². The van der Waals surface area contributed by atoms with Crippen LogP contribution in [0.5, 0.6) is 0 Å². The molecular formula is C16H15N3O. The van der Waals surface area contributed by atoms with Gasteiger partial charge in [-0.3, -0.25) is 0 Å². The summed E-state index contributed by atoms with van der Waals surface area (Å²) in [6.45, 7) is 4.17. The molecule has 2 aromatic heterocycles. The minimum Gasteiger partial charge on any atom is -0.463 e. The molecule has 0 aliphatic carbocycles. The summed E-state index contributed by atoms with van der Waals surface area (Å²) in [5.41, 5.74) is 10.8. The third-order valence-corrected chi connectivity index (χ3v) is 3.32. The normalized spacial score (nSPS) is 10.7. The Hall–Kier alpha value is -2.62. The molecule has 0 saturated heterocycles. The average molecular weight is 265 g/mol. The number of hydrogen-bond donors (Lipinski definition) is 1. The van der Waals surface area contributed by atoms with Crippen molar-refractivity contribution < 1.29 is 4.42 Å². The molecule has 4 heteroatoms. The van der Waals surface area contributed by atoms with E-state index in [-0.39, 0.29) is 5.95 Å². The zero-order valence-electron chi connectivity index (χ0n) is 11.4. The number of aromatic nitrogens is 2. The molecule has 1 aromatic carbocycles. The van der Waals surface area contributed by atoms with Gasteiger partial charge in [-0.1, -0.05) is 12.1 Å². The topological polar surface area (TPSA) is 64.9 Å². The van der Waals surface area contributed by atoms with Crippen LogP contribution in [0.1, 0.15) is 11.1 Å². The van der Waals surface area contributed by atoms with E-state index in [2.05, 4.69) is 35.9 Å². The molecule has 0 bridgehead atoms. The third-order valence-electron chi connectivity index (χ3n) is 3.32. The Labute approximate surface area is 117 Å². The fourth-order valence-corrected chi connectivity index (χ4v) is 2.07. The van der Waals surface area contributed by atoms with Gasteiger partial charge in [0.15, 0.2) is 5.76 Å². The first kappa shape index (κ1) is 12.4. The average Bonchev–Trinajstić information content (AvgIpc) is 2.95. The second-order valence-corrected chi connectivity index (χ2v) is 4.77. The summed E-state index contributed by atoms with van der Waals surface area (Å²) in [7, 11) is 0. The maximum absolute atomic E-state index is 5.81. The second kappa shape index (κ2) is 4.81. The molecule has 0 spiro atoms. The molecule has 0 unspecified atom stereocenters. The number of benzene rings is 1. The Morgan fingerprint density at radius 3 is 2.45 bits per heavy atom. The predicted molar refractivity (Wildman–Crippen MR) is 79.1 cm³/mol. The van der Waals surface area contributed by atoms with Gasteiger partial charge in [0, 0.05) is 5.56 Å².